The van der Waals surface area contributed by atoms with Crippen molar-refractivity contribution in [3.05, 3.63) is 61.6 Å². The van der Waals surface area contributed by atoms with E-state index in [1.165, 1.54) is 5.56 Å². The van der Waals surface area contributed by atoms with Gasteiger partial charge in [-0.05, 0) is 60.0 Å². The molecule has 23 heavy (non-hydrogen) atoms. The zero-order valence-electron chi connectivity index (χ0n) is 13.2. The third-order valence-electron chi connectivity index (χ3n) is 3.67. The molecular weight excluding hydrogens is 376 g/mol. The van der Waals surface area contributed by atoms with Crippen molar-refractivity contribution in [1.82, 2.24) is 0 Å². The van der Waals surface area contributed by atoms with Gasteiger partial charge in [-0.15, -0.1) is 11.8 Å². The summed E-state index contributed by atoms with van der Waals surface area (Å²) in [5.41, 5.74) is 3.48. The Morgan fingerprint density at radius 3 is 2.78 bits per heavy atom. The fourth-order valence-corrected chi connectivity index (χ4v) is 4.55. The predicted octanol–water partition coefficient (Wildman–Crippen LogP) is 4.90. The lowest BCUT2D eigenvalue weighted by molar-refractivity contribution is 0.363. The molecule has 120 valence electrons. The Hall–Kier alpha value is -1.46. The van der Waals surface area contributed by atoms with Crippen LogP contribution in [-0.4, -0.2) is 12.4 Å². The average molecular weight is 393 g/mol. The number of rotatable bonds is 3. The van der Waals surface area contributed by atoms with E-state index in [0.29, 0.717) is 17.9 Å². The second kappa shape index (κ2) is 6.57. The minimum atomic E-state index is -0.290. The molecule has 2 aromatic rings. The molecule has 3 rings (SSSR count). The summed E-state index contributed by atoms with van der Waals surface area (Å²) in [7, 11) is 0. The lowest BCUT2D eigenvalue weighted by Gasteiger charge is -2.18. The molecule has 2 heterocycles. The number of aryl methyl sites for hydroxylation is 3. The molecule has 1 aromatic carbocycles. The van der Waals surface area contributed by atoms with E-state index in [9.17, 15) is 4.79 Å². The van der Waals surface area contributed by atoms with Crippen LogP contribution in [0, 0.1) is 20.8 Å². The molecule has 0 unspecified atom stereocenters. The first kappa shape index (κ1) is 16.4. The Morgan fingerprint density at radius 2 is 2.04 bits per heavy atom. The van der Waals surface area contributed by atoms with Crippen molar-refractivity contribution in [3.8, 4) is 5.75 Å². The number of halogens is 1. The summed E-state index contributed by atoms with van der Waals surface area (Å²) in [6.07, 6.45) is 2.04. The standard InChI is InChI=1S/C18H17BrO3S/c1-10-6-11(2)17(14(19)7-10)21-9-13-4-5-23-15-8-12(3)22-18(20)16(13)15/h4,6-8H,5,9H2,1-3H3. The van der Waals surface area contributed by atoms with E-state index < -0.39 is 0 Å². The maximum atomic E-state index is 12.2. The van der Waals surface area contributed by atoms with E-state index in [0.717, 1.165) is 32.0 Å². The van der Waals surface area contributed by atoms with Gasteiger partial charge in [-0.3, -0.25) is 0 Å². The Bertz CT molecular complexity index is 829. The van der Waals surface area contributed by atoms with Gasteiger partial charge in [0.25, 0.3) is 0 Å². The van der Waals surface area contributed by atoms with Gasteiger partial charge in [-0.2, -0.15) is 0 Å². The van der Waals surface area contributed by atoms with Gasteiger partial charge in [0.05, 0.1) is 10.0 Å². The van der Waals surface area contributed by atoms with Crippen molar-refractivity contribution in [1.29, 1.82) is 0 Å². The largest absolute Gasteiger partial charge is 0.487 e. The minimum Gasteiger partial charge on any atom is -0.487 e. The number of thioether (sulfide) groups is 1. The van der Waals surface area contributed by atoms with Crippen LogP contribution in [0.5, 0.6) is 5.75 Å². The zero-order valence-corrected chi connectivity index (χ0v) is 15.6. The quantitative estimate of drug-likeness (QED) is 0.744. The lowest BCUT2D eigenvalue weighted by atomic mass is 10.1. The summed E-state index contributed by atoms with van der Waals surface area (Å²) in [6, 6.07) is 6.03. The van der Waals surface area contributed by atoms with E-state index in [-0.39, 0.29) is 5.63 Å². The molecule has 3 nitrogen and oxygen atoms in total. The van der Waals surface area contributed by atoms with Gasteiger partial charge in [-0.25, -0.2) is 4.79 Å². The van der Waals surface area contributed by atoms with Crippen LogP contribution in [0.3, 0.4) is 0 Å². The van der Waals surface area contributed by atoms with Crippen LogP contribution >= 0.6 is 27.7 Å². The van der Waals surface area contributed by atoms with Crippen LogP contribution < -0.4 is 10.4 Å². The first-order valence-corrected chi connectivity index (χ1v) is 9.10. The Balaban J connectivity index is 1.89. The van der Waals surface area contributed by atoms with Gasteiger partial charge in [0, 0.05) is 16.2 Å². The molecule has 0 amide bonds. The van der Waals surface area contributed by atoms with Crippen LogP contribution in [0.4, 0.5) is 0 Å². The molecule has 0 N–H and O–H groups in total. The topological polar surface area (TPSA) is 39.4 Å². The number of hydrogen-bond acceptors (Lipinski definition) is 4. The Labute approximate surface area is 147 Å². The fraction of sp³-hybridized carbons (Fsp3) is 0.278. The van der Waals surface area contributed by atoms with Gasteiger partial charge < -0.3 is 9.15 Å². The monoisotopic (exact) mass is 392 g/mol. The molecule has 0 radical (unpaired) electrons. The summed E-state index contributed by atoms with van der Waals surface area (Å²) in [5, 5.41) is 0. The van der Waals surface area contributed by atoms with E-state index in [1.807, 2.05) is 32.1 Å². The number of benzene rings is 1. The van der Waals surface area contributed by atoms with Crippen LogP contribution in [0.15, 0.2) is 42.9 Å². The molecule has 1 aromatic heterocycles. The minimum absolute atomic E-state index is 0.290. The molecule has 0 bridgehead atoms. The maximum absolute atomic E-state index is 12.2. The van der Waals surface area contributed by atoms with Gasteiger partial charge in [0.15, 0.2) is 0 Å². The van der Waals surface area contributed by atoms with Crippen molar-refractivity contribution in [3.63, 3.8) is 0 Å². The molecular formula is C18H17BrO3S. The highest BCUT2D eigenvalue weighted by Crippen LogP contribution is 2.34. The smallest absolute Gasteiger partial charge is 0.344 e. The highest BCUT2D eigenvalue weighted by Gasteiger charge is 2.20. The molecule has 0 atom stereocenters. The third kappa shape index (κ3) is 3.40. The predicted molar refractivity (Wildman–Crippen MR) is 97.5 cm³/mol. The normalized spacial score (nSPS) is 13.5. The Morgan fingerprint density at radius 1 is 1.26 bits per heavy atom. The van der Waals surface area contributed by atoms with Crippen molar-refractivity contribution in [2.75, 3.05) is 12.4 Å². The molecule has 1 aliphatic rings. The summed E-state index contributed by atoms with van der Waals surface area (Å²) in [4.78, 5) is 13.2. The van der Waals surface area contributed by atoms with E-state index in [4.69, 9.17) is 9.15 Å². The summed E-state index contributed by atoms with van der Waals surface area (Å²) in [5.74, 6) is 2.29. The molecule has 5 heteroatoms. The van der Waals surface area contributed by atoms with Gasteiger partial charge in [0.2, 0.25) is 0 Å². The SMILES string of the molecule is Cc1cc(C)c(OCC2=CCSc3cc(C)oc(=O)c32)c(Br)c1. The van der Waals surface area contributed by atoms with Crippen molar-refractivity contribution < 1.29 is 9.15 Å². The summed E-state index contributed by atoms with van der Waals surface area (Å²) >= 11 is 5.20. The molecule has 0 spiro atoms. The maximum Gasteiger partial charge on any atom is 0.344 e. The third-order valence-corrected chi connectivity index (χ3v) is 5.23. The van der Waals surface area contributed by atoms with Gasteiger partial charge in [-0.1, -0.05) is 12.1 Å². The second-order valence-electron chi connectivity index (χ2n) is 5.61. The molecule has 0 fully saturated rings. The van der Waals surface area contributed by atoms with Crippen LogP contribution in [0.2, 0.25) is 0 Å². The zero-order chi connectivity index (χ0) is 16.6. The molecule has 0 saturated carbocycles. The second-order valence-corrected chi connectivity index (χ2v) is 7.52. The number of hydrogen-bond donors (Lipinski definition) is 0. The van der Waals surface area contributed by atoms with Crippen LogP contribution in [0.25, 0.3) is 5.57 Å². The fourth-order valence-electron chi connectivity index (χ4n) is 2.69. The average Bonchev–Trinajstić information content (AvgIpc) is 2.45. The van der Waals surface area contributed by atoms with Crippen LogP contribution in [0.1, 0.15) is 22.5 Å². The van der Waals surface area contributed by atoms with Crippen molar-refractivity contribution >= 4 is 33.3 Å². The summed E-state index contributed by atoms with van der Waals surface area (Å²) < 4.78 is 12.2. The van der Waals surface area contributed by atoms with Gasteiger partial charge in [0.1, 0.15) is 18.1 Å². The first-order valence-electron chi connectivity index (χ1n) is 7.32. The van der Waals surface area contributed by atoms with E-state index in [1.54, 1.807) is 18.7 Å². The highest BCUT2D eigenvalue weighted by molar-refractivity contribution is 9.10. The first-order chi connectivity index (χ1) is 11.0. The summed E-state index contributed by atoms with van der Waals surface area (Å²) in [6.45, 7) is 6.21. The number of ether oxygens (including phenoxy) is 1. The lowest BCUT2D eigenvalue weighted by Crippen LogP contribution is -2.16. The molecule has 0 aliphatic carbocycles. The van der Waals surface area contributed by atoms with Crippen LogP contribution in [-0.2, 0) is 0 Å². The Kier molecular flexibility index (Phi) is 4.69. The highest BCUT2D eigenvalue weighted by atomic mass is 79.9. The molecule has 0 saturated heterocycles. The van der Waals surface area contributed by atoms with Crippen molar-refractivity contribution in [2.45, 2.75) is 25.7 Å². The van der Waals surface area contributed by atoms with E-state index >= 15 is 0 Å². The number of fused-ring (bicyclic) bond motifs is 1. The molecule has 1 aliphatic heterocycles. The van der Waals surface area contributed by atoms with Crippen molar-refractivity contribution in [2.24, 2.45) is 0 Å². The van der Waals surface area contributed by atoms with E-state index in [2.05, 4.69) is 22.0 Å². The van der Waals surface area contributed by atoms with Gasteiger partial charge >= 0.3 is 5.63 Å².